The molecular formula is C13H23N5O. The van der Waals surface area contributed by atoms with Crippen LogP contribution < -0.4 is 15.1 Å². The van der Waals surface area contributed by atoms with Crippen molar-refractivity contribution < 1.29 is 4.79 Å². The number of hydrogen-bond acceptors (Lipinski definition) is 5. The van der Waals surface area contributed by atoms with Crippen LogP contribution in [0.3, 0.4) is 0 Å². The van der Waals surface area contributed by atoms with Crippen LogP contribution in [-0.2, 0) is 0 Å². The number of aromatic nitrogens is 2. The minimum Gasteiger partial charge on any atom is -0.363 e. The first-order valence-corrected chi connectivity index (χ1v) is 6.16. The monoisotopic (exact) mass is 265 g/mol. The first-order valence-electron chi connectivity index (χ1n) is 6.16. The van der Waals surface area contributed by atoms with Crippen molar-refractivity contribution in [3.8, 4) is 0 Å². The lowest BCUT2D eigenvalue weighted by atomic mass is 10.1. The van der Waals surface area contributed by atoms with Gasteiger partial charge >= 0.3 is 0 Å². The molecule has 0 aliphatic rings. The highest BCUT2D eigenvalue weighted by atomic mass is 16.2. The average molecular weight is 265 g/mol. The van der Waals surface area contributed by atoms with Gasteiger partial charge in [-0.15, -0.1) is 0 Å². The first kappa shape index (κ1) is 15.2. The number of rotatable bonds is 3. The molecule has 0 aliphatic carbocycles. The molecule has 0 bridgehead atoms. The second-order valence-electron chi connectivity index (χ2n) is 5.90. The number of carbonyl (C=O) groups excluding carboxylic acids is 1. The quantitative estimate of drug-likeness (QED) is 0.888. The van der Waals surface area contributed by atoms with Gasteiger partial charge in [0.15, 0.2) is 0 Å². The second-order valence-corrected chi connectivity index (χ2v) is 5.90. The van der Waals surface area contributed by atoms with Gasteiger partial charge in [-0.1, -0.05) is 0 Å². The summed E-state index contributed by atoms with van der Waals surface area (Å²) in [7, 11) is 7.46. The van der Waals surface area contributed by atoms with E-state index in [1.165, 1.54) is 0 Å². The van der Waals surface area contributed by atoms with Gasteiger partial charge in [0, 0.05) is 39.8 Å². The highest BCUT2D eigenvalue weighted by Crippen LogP contribution is 2.15. The molecule has 0 fully saturated rings. The molecule has 0 radical (unpaired) electrons. The van der Waals surface area contributed by atoms with E-state index in [0.29, 0.717) is 17.5 Å². The second kappa shape index (κ2) is 5.42. The average Bonchev–Trinajstić information content (AvgIpc) is 2.25. The Labute approximate surface area is 114 Å². The van der Waals surface area contributed by atoms with Crippen LogP contribution in [0.4, 0.5) is 11.8 Å². The van der Waals surface area contributed by atoms with E-state index < -0.39 is 0 Å². The summed E-state index contributed by atoms with van der Waals surface area (Å²) in [6.07, 6.45) is 0. The minimum atomic E-state index is -0.293. The third-order valence-corrected chi connectivity index (χ3v) is 2.28. The Kier molecular flexibility index (Phi) is 4.34. The smallest absolute Gasteiger partial charge is 0.270 e. The lowest BCUT2D eigenvalue weighted by Gasteiger charge is -2.21. The first-order chi connectivity index (χ1) is 8.60. The van der Waals surface area contributed by atoms with Gasteiger partial charge in [-0.25, -0.2) is 4.98 Å². The molecule has 1 aromatic rings. The molecule has 106 valence electrons. The molecule has 6 nitrogen and oxygen atoms in total. The highest BCUT2D eigenvalue weighted by Gasteiger charge is 2.18. The normalized spacial score (nSPS) is 11.1. The Balaban J connectivity index is 3.16. The Morgan fingerprint density at radius 3 is 2.11 bits per heavy atom. The molecule has 1 rings (SSSR count). The lowest BCUT2D eigenvalue weighted by molar-refractivity contribution is 0.0914. The number of nitrogens with one attached hydrogen (secondary N) is 1. The zero-order valence-corrected chi connectivity index (χ0v) is 12.8. The van der Waals surface area contributed by atoms with E-state index in [2.05, 4.69) is 15.3 Å². The van der Waals surface area contributed by atoms with Gasteiger partial charge in [0.25, 0.3) is 5.91 Å². The highest BCUT2D eigenvalue weighted by molar-refractivity contribution is 5.93. The van der Waals surface area contributed by atoms with Crippen LogP contribution in [0.25, 0.3) is 0 Å². The number of amides is 1. The Hall–Kier alpha value is -1.85. The molecule has 0 unspecified atom stereocenters. The maximum atomic E-state index is 12.2. The van der Waals surface area contributed by atoms with Gasteiger partial charge in [0.1, 0.15) is 11.5 Å². The zero-order chi connectivity index (χ0) is 14.8. The van der Waals surface area contributed by atoms with Crippen LogP contribution in [0.2, 0.25) is 0 Å². The minimum absolute atomic E-state index is 0.193. The van der Waals surface area contributed by atoms with Gasteiger partial charge in [0.05, 0.1) is 0 Å². The van der Waals surface area contributed by atoms with Crippen LogP contribution in [0.1, 0.15) is 31.3 Å². The molecular weight excluding hydrogens is 242 g/mol. The van der Waals surface area contributed by atoms with E-state index in [0.717, 1.165) is 0 Å². The Bertz CT molecular complexity index is 436. The molecule has 0 aliphatic heterocycles. The van der Waals surface area contributed by atoms with Crippen LogP contribution in [0, 0.1) is 0 Å². The third kappa shape index (κ3) is 4.39. The number of hydrogen-bond donors (Lipinski definition) is 1. The predicted molar refractivity (Wildman–Crippen MR) is 77.9 cm³/mol. The van der Waals surface area contributed by atoms with Crippen molar-refractivity contribution in [2.24, 2.45) is 0 Å². The number of carbonyl (C=O) groups is 1. The Morgan fingerprint density at radius 2 is 1.68 bits per heavy atom. The largest absolute Gasteiger partial charge is 0.363 e. The molecule has 6 heteroatoms. The fourth-order valence-electron chi connectivity index (χ4n) is 1.37. The van der Waals surface area contributed by atoms with Gasteiger partial charge in [-0.3, -0.25) is 4.79 Å². The molecule has 1 heterocycles. The van der Waals surface area contributed by atoms with E-state index in [-0.39, 0.29) is 11.4 Å². The number of nitrogens with zero attached hydrogens (tertiary/aromatic N) is 4. The van der Waals surface area contributed by atoms with Crippen molar-refractivity contribution in [1.29, 1.82) is 0 Å². The molecule has 0 aromatic carbocycles. The van der Waals surface area contributed by atoms with E-state index >= 15 is 0 Å². The molecule has 0 saturated carbocycles. The molecule has 0 spiro atoms. The Morgan fingerprint density at radius 1 is 1.11 bits per heavy atom. The standard InChI is InChI=1S/C13H23N5O/c1-13(2,3)16-11(19)9-8-10(17(4)5)15-12(14-9)18(6)7/h8H,1-7H3,(H,16,19). The fourth-order valence-corrected chi connectivity index (χ4v) is 1.37. The van der Waals surface area contributed by atoms with E-state index in [1.807, 2.05) is 53.9 Å². The maximum Gasteiger partial charge on any atom is 0.270 e. The van der Waals surface area contributed by atoms with Gasteiger partial charge in [0.2, 0.25) is 5.95 Å². The van der Waals surface area contributed by atoms with E-state index in [4.69, 9.17) is 0 Å². The van der Waals surface area contributed by atoms with Crippen LogP contribution in [0.5, 0.6) is 0 Å². The molecule has 1 aromatic heterocycles. The lowest BCUT2D eigenvalue weighted by Crippen LogP contribution is -2.41. The third-order valence-electron chi connectivity index (χ3n) is 2.28. The predicted octanol–water partition coefficient (Wildman–Crippen LogP) is 1.14. The molecule has 0 saturated heterocycles. The summed E-state index contributed by atoms with van der Waals surface area (Å²) in [5.41, 5.74) is 0.0795. The maximum absolute atomic E-state index is 12.2. The molecule has 19 heavy (non-hydrogen) atoms. The summed E-state index contributed by atoms with van der Waals surface area (Å²) >= 11 is 0. The van der Waals surface area contributed by atoms with Crippen molar-refractivity contribution in [2.75, 3.05) is 38.0 Å². The molecule has 0 atom stereocenters. The summed E-state index contributed by atoms with van der Waals surface area (Å²) in [6.45, 7) is 5.81. The molecule has 1 amide bonds. The van der Waals surface area contributed by atoms with E-state index in [9.17, 15) is 4.79 Å². The van der Waals surface area contributed by atoms with Crippen molar-refractivity contribution in [1.82, 2.24) is 15.3 Å². The summed E-state index contributed by atoms with van der Waals surface area (Å²) in [5.74, 6) is 1.03. The van der Waals surface area contributed by atoms with Crippen LogP contribution >= 0.6 is 0 Å². The van der Waals surface area contributed by atoms with Crippen LogP contribution in [0.15, 0.2) is 6.07 Å². The van der Waals surface area contributed by atoms with Crippen molar-refractivity contribution in [2.45, 2.75) is 26.3 Å². The summed E-state index contributed by atoms with van der Waals surface area (Å²) < 4.78 is 0. The zero-order valence-electron chi connectivity index (χ0n) is 12.8. The van der Waals surface area contributed by atoms with Crippen molar-refractivity contribution in [3.63, 3.8) is 0 Å². The van der Waals surface area contributed by atoms with Gasteiger partial charge < -0.3 is 15.1 Å². The summed E-state index contributed by atoms with van der Waals surface area (Å²) in [4.78, 5) is 24.4. The molecule has 1 N–H and O–H groups in total. The van der Waals surface area contributed by atoms with E-state index in [1.54, 1.807) is 11.0 Å². The van der Waals surface area contributed by atoms with Gasteiger partial charge in [-0.05, 0) is 20.8 Å². The van der Waals surface area contributed by atoms with Crippen LogP contribution in [-0.4, -0.2) is 49.6 Å². The SMILES string of the molecule is CN(C)c1cc(C(=O)NC(C)(C)C)nc(N(C)C)n1. The van der Waals surface area contributed by atoms with Crippen molar-refractivity contribution in [3.05, 3.63) is 11.8 Å². The van der Waals surface area contributed by atoms with Gasteiger partial charge in [-0.2, -0.15) is 4.98 Å². The summed E-state index contributed by atoms with van der Waals surface area (Å²) in [6, 6.07) is 1.69. The summed E-state index contributed by atoms with van der Waals surface area (Å²) in [5, 5.41) is 2.90. The topological polar surface area (TPSA) is 61.4 Å². The fraction of sp³-hybridized carbons (Fsp3) is 0.615. The van der Waals surface area contributed by atoms with Crippen molar-refractivity contribution >= 4 is 17.7 Å². The number of anilines is 2.